The number of aromatic nitrogens is 2. The number of benzene rings is 1. The van der Waals surface area contributed by atoms with Gasteiger partial charge in [-0.2, -0.15) is 0 Å². The molecular weight excluding hydrogens is 380 g/mol. The second-order valence-electron chi connectivity index (χ2n) is 7.96. The van der Waals surface area contributed by atoms with E-state index in [1.54, 1.807) is 13.8 Å². The predicted molar refractivity (Wildman–Crippen MR) is 114 cm³/mol. The minimum absolute atomic E-state index is 0.0147. The Hall–Kier alpha value is -2.80. The summed E-state index contributed by atoms with van der Waals surface area (Å²) in [4.78, 5) is 35.2. The molecule has 0 atom stereocenters. The summed E-state index contributed by atoms with van der Waals surface area (Å²) in [7, 11) is 0. The molecule has 0 saturated carbocycles. The maximum atomic E-state index is 12.5. The number of esters is 1. The van der Waals surface area contributed by atoms with Crippen LogP contribution in [0.25, 0.3) is 0 Å². The molecule has 1 aliphatic heterocycles. The topological polar surface area (TPSA) is 84.4 Å². The van der Waals surface area contributed by atoms with Crippen molar-refractivity contribution < 1.29 is 14.3 Å². The molecule has 30 heavy (non-hydrogen) atoms. The van der Waals surface area contributed by atoms with Crippen LogP contribution < -0.4 is 5.32 Å². The molecule has 2 heterocycles. The van der Waals surface area contributed by atoms with Crippen LogP contribution in [0.5, 0.6) is 0 Å². The van der Waals surface area contributed by atoms with Gasteiger partial charge in [0.1, 0.15) is 0 Å². The Morgan fingerprint density at radius 3 is 2.43 bits per heavy atom. The number of hydrogen-bond acceptors (Lipinski definition) is 6. The van der Waals surface area contributed by atoms with E-state index < -0.39 is 5.97 Å². The molecule has 1 aliphatic rings. The number of amides is 1. The summed E-state index contributed by atoms with van der Waals surface area (Å²) < 4.78 is 5.15. The van der Waals surface area contributed by atoms with E-state index in [1.807, 2.05) is 6.07 Å². The van der Waals surface area contributed by atoms with Crippen LogP contribution in [0.4, 0.5) is 0 Å². The van der Waals surface area contributed by atoms with Gasteiger partial charge in [0.2, 0.25) is 0 Å². The molecule has 0 spiro atoms. The summed E-state index contributed by atoms with van der Waals surface area (Å²) in [5.41, 5.74) is 1.32. The fourth-order valence-corrected chi connectivity index (χ4v) is 3.67. The second-order valence-corrected chi connectivity index (χ2v) is 7.96. The lowest BCUT2D eigenvalue weighted by Gasteiger charge is -2.32. The maximum Gasteiger partial charge on any atom is 0.359 e. The zero-order chi connectivity index (χ0) is 21.3. The van der Waals surface area contributed by atoms with E-state index in [-0.39, 0.29) is 23.4 Å². The van der Waals surface area contributed by atoms with Crippen LogP contribution in [0.15, 0.2) is 42.7 Å². The largest absolute Gasteiger partial charge is 0.458 e. The zero-order valence-corrected chi connectivity index (χ0v) is 17.7. The summed E-state index contributed by atoms with van der Waals surface area (Å²) in [6, 6.07) is 10.5. The Morgan fingerprint density at radius 2 is 1.77 bits per heavy atom. The highest BCUT2D eigenvalue weighted by atomic mass is 16.5. The van der Waals surface area contributed by atoms with E-state index in [4.69, 9.17) is 4.74 Å². The fraction of sp³-hybridized carbons (Fsp3) is 0.478. The average Bonchev–Trinajstić information content (AvgIpc) is 2.75. The Bertz CT molecular complexity index is 833. The SMILES string of the molecule is CC(C)OC(=O)c1nccnc1C(=O)NCCC1CCN(Cc2ccccc2)CC1. The van der Waals surface area contributed by atoms with Gasteiger partial charge in [-0.25, -0.2) is 14.8 Å². The lowest BCUT2D eigenvalue weighted by molar-refractivity contribution is 0.0367. The number of nitrogens with one attached hydrogen (secondary N) is 1. The van der Waals surface area contributed by atoms with Crippen molar-refractivity contribution in [3.8, 4) is 0 Å². The lowest BCUT2D eigenvalue weighted by Crippen LogP contribution is -2.35. The third-order valence-electron chi connectivity index (χ3n) is 5.24. The summed E-state index contributed by atoms with van der Waals surface area (Å²) >= 11 is 0. The molecule has 2 aromatic rings. The second kappa shape index (κ2) is 10.8. The molecule has 1 N–H and O–H groups in total. The van der Waals surface area contributed by atoms with Gasteiger partial charge in [-0.05, 0) is 57.7 Å². The first-order valence-electron chi connectivity index (χ1n) is 10.6. The van der Waals surface area contributed by atoms with Gasteiger partial charge in [0.05, 0.1) is 6.10 Å². The van der Waals surface area contributed by atoms with Crippen LogP contribution in [0.1, 0.15) is 59.7 Å². The first-order valence-corrected chi connectivity index (χ1v) is 10.6. The van der Waals surface area contributed by atoms with Gasteiger partial charge in [-0.3, -0.25) is 9.69 Å². The molecular formula is C23H30N4O3. The van der Waals surface area contributed by atoms with E-state index in [1.165, 1.54) is 18.0 Å². The van der Waals surface area contributed by atoms with E-state index >= 15 is 0 Å². The highest BCUT2D eigenvalue weighted by Gasteiger charge is 2.23. The van der Waals surface area contributed by atoms with E-state index in [2.05, 4.69) is 44.5 Å². The molecule has 7 nitrogen and oxygen atoms in total. The van der Waals surface area contributed by atoms with Gasteiger partial charge in [0, 0.05) is 25.5 Å². The number of rotatable bonds is 8. The normalized spacial score (nSPS) is 15.2. The standard InChI is InChI=1S/C23H30N4O3/c1-17(2)30-23(29)21-20(24-12-13-25-21)22(28)26-11-8-18-9-14-27(15-10-18)16-19-6-4-3-5-7-19/h3-7,12-13,17-18H,8-11,14-16H2,1-2H3,(H,26,28). The number of carbonyl (C=O) groups is 2. The molecule has 160 valence electrons. The third kappa shape index (κ3) is 6.35. The van der Waals surface area contributed by atoms with Gasteiger partial charge in [-0.15, -0.1) is 0 Å². The van der Waals surface area contributed by atoms with Crippen LogP contribution in [0.3, 0.4) is 0 Å². The Balaban J connectivity index is 1.43. The quantitative estimate of drug-likeness (QED) is 0.674. The predicted octanol–water partition coefficient (Wildman–Crippen LogP) is 3.07. The van der Waals surface area contributed by atoms with Crippen LogP contribution in [0.2, 0.25) is 0 Å². The molecule has 0 radical (unpaired) electrons. The van der Waals surface area contributed by atoms with Crippen LogP contribution in [-0.2, 0) is 11.3 Å². The van der Waals surface area contributed by atoms with Gasteiger partial charge in [-0.1, -0.05) is 30.3 Å². The molecule has 0 aliphatic carbocycles. The highest BCUT2D eigenvalue weighted by molar-refractivity contribution is 6.02. The van der Waals surface area contributed by atoms with Gasteiger partial charge < -0.3 is 10.1 Å². The molecule has 0 unspecified atom stereocenters. The third-order valence-corrected chi connectivity index (χ3v) is 5.24. The van der Waals surface area contributed by atoms with Crippen molar-refractivity contribution in [3.05, 3.63) is 59.7 Å². The molecule has 0 bridgehead atoms. The fourth-order valence-electron chi connectivity index (χ4n) is 3.67. The minimum Gasteiger partial charge on any atom is -0.458 e. The smallest absolute Gasteiger partial charge is 0.359 e. The molecule has 3 rings (SSSR count). The average molecular weight is 411 g/mol. The Morgan fingerprint density at radius 1 is 1.10 bits per heavy atom. The van der Waals surface area contributed by atoms with Crippen LogP contribution in [-0.4, -0.2) is 52.5 Å². The number of hydrogen-bond donors (Lipinski definition) is 1. The minimum atomic E-state index is -0.631. The molecule has 1 aromatic carbocycles. The number of ether oxygens (including phenoxy) is 1. The maximum absolute atomic E-state index is 12.5. The van der Waals surface area contributed by atoms with Crippen molar-refractivity contribution in [2.45, 2.75) is 45.8 Å². The van der Waals surface area contributed by atoms with Crippen molar-refractivity contribution in [2.24, 2.45) is 5.92 Å². The zero-order valence-electron chi connectivity index (χ0n) is 17.7. The number of nitrogens with zero attached hydrogens (tertiary/aromatic N) is 3. The number of piperidine rings is 1. The summed E-state index contributed by atoms with van der Waals surface area (Å²) in [6.07, 6.45) is 5.67. The molecule has 1 amide bonds. The van der Waals surface area contributed by atoms with Crippen molar-refractivity contribution in [1.82, 2.24) is 20.2 Å². The summed E-state index contributed by atoms with van der Waals surface area (Å²) in [5.74, 6) is -0.432. The number of carbonyl (C=O) groups excluding carboxylic acids is 2. The molecule has 7 heteroatoms. The van der Waals surface area contributed by atoms with E-state index in [0.29, 0.717) is 12.5 Å². The van der Waals surface area contributed by atoms with Crippen molar-refractivity contribution in [3.63, 3.8) is 0 Å². The van der Waals surface area contributed by atoms with Crippen molar-refractivity contribution in [2.75, 3.05) is 19.6 Å². The highest BCUT2D eigenvalue weighted by Crippen LogP contribution is 2.21. The first kappa shape index (κ1) is 21.9. The van der Waals surface area contributed by atoms with Gasteiger partial charge >= 0.3 is 5.97 Å². The molecule has 1 fully saturated rings. The van der Waals surface area contributed by atoms with Crippen LogP contribution >= 0.6 is 0 Å². The molecule has 1 saturated heterocycles. The molecule has 1 aromatic heterocycles. The summed E-state index contributed by atoms with van der Waals surface area (Å²) in [6.45, 7) is 7.19. The lowest BCUT2D eigenvalue weighted by atomic mass is 9.93. The van der Waals surface area contributed by atoms with Crippen LogP contribution in [0, 0.1) is 5.92 Å². The monoisotopic (exact) mass is 410 g/mol. The van der Waals surface area contributed by atoms with Crippen molar-refractivity contribution in [1.29, 1.82) is 0 Å². The van der Waals surface area contributed by atoms with E-state index in [9.17, 15) is 9.59 Å². The Kier molecular flexibility index (Phi) is 7.90. The van der Waals surface area contributed by atoms with Crippen molar-refractivity contribution >= 4 is 11.9 Å². The van der Waals surface area contributed by atoms with Gasteiger partial charge in [0.15, 0.2) is 11.4 Å². The van der Waals surface area contributed by atoms with E-state index in [0.717, 1.165) is 38.9 Å². The number of likely N-dealkylation sites (tertiary alicyclic amines) is 1. The first-order chi connectivity index (χ1) is 14.5. The summed E-state index contributed by atoms with van der Waals surface area (Å²) in [5, 5.41) is 2.88. The Labute approximate surface area is 177 Å². The van der Waals surface area contributed by atoms with Gasteiger partial charge in [0.25, 0.3) is 5.91 Å².